The second-order valence-electron chi connectivity index (χ2n) is 7.99. The molecule has 0 aliphatic rings. The first-order chi connectivity index (χ1) is 16.4. The molecule has 0 heterocycles. The molecule has 0 spiro atoms. The van der Waals surface area contributed by atoms with E-state index < -0.39 is 17.8 Å². The van der Waals surface area contributed by atoms with E-state index in [1.807, 2.05) is 37.3 Å². The van der Waals surface area contributed by atoms with Crippen LogP contribution in [0.2, 0.25) is 10.0 Å². The number of hydrogen-bond acceptors (Lipinski definition) is 2. The zero-order chi connectivity index (χ0) is 24.5. The summed E-state index contributed by atoms with van der Waals surface area (Å²) in [5.74, 6) is -1.15. The van der Waals surface area contributed by atoms with Crippen molar-refractivity contribution < 1.29 is 14.0 Å². The van der Waals surface area contributed by atoms with Crippen LogP contribution in [-0.4, -0.2) is 29.3 Å². The first-order valence-corrected chi connectivity index (χ1v) is 11.9. The third-order valence-electron chi connectivity index (χ3n) is 5.51. The van der Waals surface area contributed by atoms with Gasteiger partial charge < -0.3 is 10.2 Å². The highest BCUT2D eigenvalue weighted by atomic mass is 35.5. The predicted octanol–water partition coefficient (Wildman–Crippen LogP) is 5.84. The van der Waals surface area contributed by atoms with Crippen LogP contribution in [0.3, 0.4) is 0 Å². The Bertz CT molecular complexity index is 1100. The fraction of sp³-hybridized carbons (Fsp3) is 0.259. The number of halogens is 3. The van der Waals surface area contributed by atoms with Gasteiger partial charge in [-0.2, -0.15) is 0 Å². The standard InChI is InChI=1S/C27H27Cl2FN2O2/c1-2-15-31-27(34)25(16-19-9-4-3-5-10-19)32(18-21-22(28)12-8-13-23(21)29)26(33)17-20-11-6-7-14-24(20)30/h3-14,25H,2,15-18H2,1H3,(H,31,34)/t25-/m0/s1. The summed E-state index contributed by atoms with van der Waals surface area (Å²) < 4.78 is 14.3. The Kier molecular flexibility index (Phi) is 9.49. The molecule has 178 valence electrons. The SMILES string of the molecule is CCCNC(=O)[C@H](Cc1ccccc1)N(Cc1c(Cl)cccc1Cl)C(=O)Cc1ccccc1F. The number of carbonyl (C=O) groups is 2. The Labute approximate surface area is 209 Å². The smallest absolute Gasteiger partial charge is 0.243 e. The molecule has 2 amide bonds. The molecule has 1 atom stereocenters. The van der Waals surface area contributed by atoms with Gasteiger partial charge in [0.05, 0.1) is 6.42 Å². The molecule has 3 aromatic carbocycles. The van der Waals surface area contributed by atoms with E-state index >= 15 is 0 Å². The molecule has 0 saturated heterocycles. The second-order valence-corrected chi connectivity index (χ2v) is 8.80. The monoisotopic (exact) mass is 500 g/mol. The molecule has 3 aromatic rings. The molecule has 0 aromatic heterocycles. The van der Waals surface area contributed by atoms with Gasteiger partial charge in [0.15, 0.2) is 0 Å². The van der Waals surface area contributed by atoms with Crippen LogP contribution in [0.25, 0.3) is 0 Å². The molecule has 0 radical (unpaired) electrons. The van der Waals surface area contributed by atoms with Crippen LogP contribution < -0.4 is 5.32 Å². The van der Waals surface area contributed by atoms with Crippen molar-refractivity contribution in [2.24, 2.45) is 0 Å². The van der Waals surface area contributed by atoms with Crippen molar-refractivity contribution in [3.05, 3.63) is 105 Å². The minimum Gasteiger partial charge on any atom is -0.354 e. The zero-order valence-electron chi connectivity index (χ0n) is 18.9. The predicted molar refractivity (Wildman–Crippen MR) is 134 cm³/mol. The largest absolute Gasteiger partial charge is 0.354 e. The highest BCUT2D eigenvalue weighted by molar-refractivity contribution is 6.36. The normalized spacial score (nSPS) is 11.6. The van der Waals surface area contributed by atoms with Gasteiger partial charge in [0.25, 0.3) is 0 Å². The Morgan fingerprint density at radius 1 is 0.941 bits per heavy atom. The van der Waals surface area contributed by atoms with E-state index in [1.54, 1.807) is 36.4 Å². The van der Waals surface area contributed by atoms with Crippen molar-refractivity contribution in [3.63, 3.8) is 0 Å². The Hall–Kier alpha value is -2.89. The number of carbonyl (C=O) groups excluding carboxylic acids is 2. The first kappa shape index (κ1) is 25.7. The lowest BCUT2D eigenvalue weighted by Crippen LogP contribution is -2.51. The summed E-state index contributed by atoms with van der Waals surface area (Å²) in [4.78, 5) is 28.3. The number of rotatable bonds is 10. The number of hydrogen-bond donors (Lipinski definition) is 1. The quantitative estimate of drug-likeness (QED) is 0.380. The molecule has 1 N–H and O–H groups in total. The third kappa shape index (κ3) is 6.81. The van der Waals surface area contributed by atoms with Crippen LogP contribution in [0, 0.1) is 5.82 Å². The van der Waals surface area contributed by atoms with Crippen LogP contribution in [0.1, 0.15) is 30.0 Å². The minimum absolute atomic E-state index is 0.0167. The van der Waals surface area contributed by atoms with Crippen molar-refractivity contribution >= 4 is 35.0 Å². The van der Waals surface area contributed by atoms with Gasteiger partial charge in [-0.05, 0) is 35.7 Å². The van der Waals surface area contributed by atoms with Crippen LogP contribution in [0.15, 0.2) is 72.8 Å². The maximum absolute atomic E-state index is 14.3. The molecular formula is C27H27Cl2FN2O2. The first-order valence-electron chi connectivity index (χ1n) is 11.2. The van der Waals surface area contributed by atoms with E-state index in [4.69, 9.17) is 23.2 Å². The average Bonchev–Trinajstić information content (AvgIpc) is 2.83. The Morgan fingerprint density at radius 2 is 1.59 bits per heavy atom. The number of nitrogens with one attached hydrogen (secondary N) is 1. The van der Waals surface area contributed by atoms with Crippen molar-refractivity contribution in [2.75, 3.05) is 6.54 Å². The maximum atomic E-state index is 14.3. The molecule has 34 heavy (non-hydrogen) atoms. The highest BCUT2D eigenvalue weighted by Gasteiger charge is 2.31. The summed E-state index contributed by atoms with van der Waals surface area (Å²) in [5.41, 5.74) is 1.69. The molecular weight excluding hydrogens is 474 g/mol. The molecule has 4 nitrogen and oxygen atoms in total. The van der Waals surface area contributed by atoms with Crippen molar-refractivity contribution in [2.45, 2.75) is 38.8 Å². The topological polar surface area (TPSA) is 49.4 Å². The van der Waals surface area contributed by atoms with Crippen molar-refractivity contribution in [3.8, 4) is 0 Å². The van der Waals surface area contributed by atoms with Gasteiger partial charge in [0.2, 0.25) is 11.8 Å². The van der Waals surface area contributed by atoms with Gasteiger partial charge in [-0.3, -0.25) is 9.59 Å². The second kappa shape index (κ2) is 12.5. The maximum Gasteiger partial charge on any atom is 0.243 e. The fourth-order valence-corrected chi connectivity index (χ4v) is 4.20. The van der Waals surface area contributed by atoms with Crippen LogP contribution >= 0.6 is 23.2 Å². The number of amides is 2. The van der Waals surface area contributed by atoms with Gasteiger partial charge in [-0.25, -0.2) is 4.39 Å². The van der Waals surface area contributed by atoms with Crippen molar-refractivity contribution in [1.82, 2.24) is 10.2 Å². The summed E-state index contributed by atoms with van der Waals surface area (Å²) in [7, 11) is 0. The van der Waals surface area contributed by atoms with E-state index in [-0.39, 0.29) is 24.4 Å². The van der Waals surface area contributed by atoms with Crippen molar-refractivity contribution in [1.29, 1.82) is 0 Å². The zero-order valence-corrected chi connectivity index (χ0v) is 20.5. The molecule has 0 bridgehead atoms. The van der Waals surface area contributed by atoms with Gasteiger partial charge >= 0.3 is 0 Å². The average molecular weight is 501 g/mol. The van der Waals surface area contributed by atoms with Gasteiger partial charge in [-0.15, -0.1) is 0 Å². The molecule has 0 fully saturated rings. The lowest BCUT2D eigenvalue weighted by atomic mass is 10.0. The minimum atomic E-state index is -0.833. The van der Waals surface area contributed by atoms with Gasteiger partial charge in [-0.1, -0.05) is 84.7 Å². The number of benzene rings is 3. The van der Waals surface area contributed by atoms with Crippen LogP contribution in [-0.2, 0) is 29.0 Å². The summed E-state index contributed by atoms with van der Waals surface area (Å²) in [6.45, 7) is 2.45. The van der Waals surface area contributed by atoms with Gasteiger partial charge in [0.1, 0.15) is 11.9 Å². The summed E-state index contributed by atoms with van der Waals surface area (Å²) in [5, 5.41) is 3.69. The Balaban J connectivity index is 2.01. The van der Waals surface area contributed by atoms with Gasteiger partial charge in [0, 0.05) is 35.1 Å². The lowest BCUT2D eigenvalue weighted by molar-refractivity contribution is -0.140. The highest BCUT2D eigenvalue weighted by Crippen LogP contribution is 2.27. The number of nitrogens with zero attached hydrogens (tertiary/aromatic N) is 1. The third-order valence-corrected chi connectivity index (χ3v) is 6.22. The molecule has 0 aliphatic carbocycles. The lowest BCUT2D eigenvalue weighted by Gasteiger charge is -2.32. The van der Waals surface area contributed by atoms with Crippen LogP contribution in [0.4, 0.5) is 4.39 Å². The van der Waals surface area contributed by atoms with E-state index in [0.717, 1.165) is 12.0 Å². The molecule has 3 rings (SSSR count). The Morgan fingerprint density at radius 3 is 2.24 bits per heavy atom. The molecule has 7 heteroatoms. The van der Waals surface area contributed by atoms with Crippen LogP contribution in [0.5, 0.6) is 0 Å². The summed E-state index contributed by atoms with van der Waals surface area (Å²) in [6, 6.07) is 19.8. The molecule has 0 unspecified atom stereocenters. The van der Waals surface area contributed by atoms with E-state index in [2.05, 4.69) is 5.32 Å². The van der Waals surface area contributed by atoms with E-state index in [0.29, 0.717) is 28.6 Å². The molecule has 0 aliphatic heterocycles. The molecule has 0 saturated carbocycles. The van der Waals surface area contributed by atoms with E-state index in [9.17, 15) is 14.0 Å². The van der Waals surface area contributed by atoms with E-state index in [1.165, 1.54) is 11.0 Å². The fourth-order valence-electron chi connectivity index (χ4n) is 3.68. The summed E-state index contributed by atoms with van der Waals surface area (Å²) in [6.07, 6.45) is 0.853. The summed E-state index contributed by atoms with van der Waals surface area (Å²) >= 11 is 12.8.